The highest BCUT2D eigenvalue weighted by Gasteiger charge is 2.13. The number of rotatable bonds is 6. The van der Waals surface area contributed by atoms with Crippen molar-refractivity contribution >= 4 is 11.9 Å². The lowest BCUT2D eigenvalue weighted by atomic mass is 10.4. The van der Waals surface area contributed by atoms with Gasteiger partial charge >= 0.3 is 11.9 Å². The maximum absolute atomic E-state index is 11.2. The molecule has 0 saturated heterocycles. The highest BCUT2D eigenvalue weighted by atomic mass is 16.5. The van der Waals surface area contributed by atoms with E-state index in [1.165, 1.54) is 7.11 Å². The van der Waals surface area contributed by atoms with Gasteiger partial charge in [0.05, 0.1) is 26.8 Å². The Morgan fingerprint density at radius 1 is 1.39 bits per heavy atom. The van der Waals surface area contributed by atoms with Gasteiger partial charge in [-0.05, 0) is 26.1 Å². The van der Waals surface area contributed by atoms with Crippen molar-refractivity contribution in [2.45, 2.75) is 13.5 Å². The quantitative estimate of drug-likeness (QED) is 0.708. The fourth-order valence-corrected chi connectivity index (χ4v) is 1.42. The molecule has 1 rings (SSSR count). The molecule has 0 aromatic carbocycles. The number of methoxy groups -OCH3 is 1. The smallest absolute Gasteiger partial charge is 0.373 e. The number of likely N-dealkylation sites (N-methyl/N-ethyl adjacent to an activating group) is 1. The van der Waals surface area contributed by atoms with Gasteiger partial charge in [0.1, 0.15) is 5.76 Å². The second-order valence-corrected chi connectivity index (χ2v) is 3.73. The van der Waals surface area contributed by atoms with Crippen LogP contribution in [-0.4, -0.2) is 44.1 Å². The molecule has 0 spiro atoms. The van der Waals surface area contributed by atoms with Gasteiger partial charge in [-0.3, -0.25) is 9.69 Å². The monoisotopic (exact) mass is 255 g/mol. The summed E-state index contributed by atoms with van der Waals surface area (Å²) in [6.07, 6.45) is 0. The standard InChI is InChI=1S/C12H17NO5/c1-4-17-11(14)8-13(2)7-9-5-6-10(18-9)12(15)16-3/h5-6H,4,7-8H2,1-3H3. The number of esters is 2. The van der Waals surface area contributed by atoms with Crippen LogP contribution in [0, 0.1) is 0 Å². The molecule has 1 aromatic heterocycles. The summed E-state index contributed by atoms with van der Waals surface area (Å²) in [6, 6.07) is 3.22. The molecular weight excluding hydrogens is 238 g/mol. The molecule has 0 aliphatic rings. The third kappa shape index (κ3) is 4.21. The zero-order chi connectivity index (χ0) is 13.5. The van der Waals surface area contributed by atoms with Crippen LogP contribution in [0.2, 0.25) is 0 Å². The number of hydrogen-bond donors (Lipinski definition) is 0. The first-order valence-corrected chi connectivity index (χ1v) is 5.58. The number of carbonyl (C=O) groups is 2. The zero-order valence-corrected chi connectivity index (χ0v) is 10.8. The van der Waals surface area contributed by atoms with Crippen molar-refractivity contribution in [3.8, 4) is 0 Å². The maximum atomic E-state index is 11.2. The number of ether oxygens (including phenoxy) is 2. The Morgan fingerprint density at radius 2 is 2.11 bits per heavy atom. The molecule has 18 heavy (non-hydrogen) atoms. The first-order valence-electron chi connectivity index (χ1n) is 5.58. The highest BCUT2D eigenvalue weighted by molar-refractivity contribution is 5.86. The van der Waals surface area contributed by atoms with Crippen molar-refractivity contribution < 1.29 is 23.5 Å². The van der Waals surface area contributed by atoms with Crippen LogP contribution in [-0.2, 0) is 20.8 Å². The van der Waals surface area contributed by atoms with Crippen molar-refractivity contribution in [3.63, 3.8) is 0 Å². The Bertz CT molecular complexity index is 412. The lowest BCUT2D eigenvalue weighted by Crippen LogP contribution is -2.26. The normalized spacial score (nSPS) is 10.4. The van der Waals surface area contributed by atoms with Crippen LogP contribution in [0.1, 0.15) is 23.2 Å². The molecule has 6 heteroatoms. The van der Waals surface area contributed by atoms with E-state index in [-0.39, 0.29) is 18.3 Å². The van der Waals surface area contributed by atoms with Gasteiger partial charge in [-0.25, -0.2) is 4.79 Å². The largest absolute Gasteiger partial charge is 0.465 e. The fourth-order valence-electron chi connectivity index (χ4n) is 1.42. The average molecular weight is 255 g/mol. The lowest BCUT2D eigenvalue weighted by Gasteiger charge is -2.13. The molecule has 0 unspecified atom stereocenters. The Kier molecular flexibility index (Phi) is 5.38. The minimum atomic E-state index is -0.519. The van der Waals surface area contributed by atoms with Crippen LogP contribution in [0.4, 0.5) is 0 Å². The molecule has 0 N–H and O–H groups in total. The molecule has 1 aromatic rings. The van der Waals surface area contributed by atoms with Crippen LogP contribution in [0.3, 0.4) is 0 Å². The van der Waals surface area contributed by atoms with Crippen LogP contribution in [0.25, 0.3) is 0 Å². The zero-order valence-electron chi connectivity index (χ0n) is 10.8. The van der Waals surface area contributed by atoms with E-state index in [1.807, 2.05) is 0 Å². The molecule has 0 aliphatic heterocycles. The number of furan rings is 1. The first kappa shape index (κ1) is 14.2. The van der Waals surface area contributed by atoms with Crippen molar-refractivity contribution in [2.24, 2.45) is 0 Å². The van der Waals surface area contributed by atoms with Crippen LogP contribution in [0.5, 0.6) is 0 Å². The highest BCUT2D eigenvalue weighted by Crippen LogP contribution is 2.10. The van der Waals surface area contributed by atoms with Crippen molar-refractivity contribution in [1.29, 1.82) is 0 Å². The fraction of sp³-hybridized carbons (Fsp3) is 0.500. The molecule has 6 nitrogen and oxygen atoms in total. The first-order chi connectivity index (χ1) is 8.56. The molecule has 0 fully saturated rings. The van der Waals surface area contributed by atoms with Crippen LogP contribution >= 0.6 is 0 Å². The molecule has 0 saturated carbocycles. The maximum Gasteiger partial charge on any atom is 0.373 e. The Labute approximate surface area is 105 Å². The summed E-state index contributed by atoms with van der Waals surface area (Å²) in [4.78, 5) is 24.1. The second-order valence-electron chi connectivity index (χ2n) is 3.73. The third-order valence-corrected chi connectivity index (χ3v) is 2.18. The minimum absolute atomic E-state index is 0.150. The Morgan fingerprint density at radius 3 is 2.72 bits per heavy atom. The van der Waals surface area contributed by atoms with E-state index >= 15 is 0 Å². The van der Waals surface area contributed by atoms with Crippen LogP contribution in [0.15, 0.2) is 16.5 Å². The Balaban J connectivity index is 2.49. The summed E-state index contributed by atoms with van der Waals surface area (Å²) in [5.74, 6) is -0.0757. The average Bonchev–Trinajstić information content (AvgIpc) is 2.76. The van der Waals surface area contributed by atoms with Gasteiger partial charge < -0.3 is 13.9 Å². The molecule has 0 atom stereocenters. The van der Waals surface area contributed by atoms with Crippen molar-refractivity contribution in [1.82, 2.24) is 4.90 Å². The van der Waals surface area contributed by atoms with E-state index in [0.29, 0.717) is 18.9 Å². The molecular formula is C12H17NO5. The summed E-state index contributed by atoms with van der Waals surface area (Å²) in [7, 11) is 3.05. The SMILES string of the molecule is CCOC(=O)CN(C)Cc1ccc(C(=O)OC)o1. The summed E-state index contributed by atoms with van der Waals surface area (Å²) >= 11 is 0. The van der Waals surface area contributed by atoms with Gasteiger partial charge in [0.15, 0.2) is 0 Å². The number of nitrogens with zero attached hydrogens (tertiary/aromatic N) is 1. The van der Waals surface area contributed by atoms with E-state index in [9.17, 15) is 9.59 Å². The lowest BCUT2D eigenvalue weighted by molar-refractivity contribution is -0.144. The third-order valence-electron chi connectivity index (χ3n) is 2.18. The summed E-state index contributed by atoms with van der Waals surface area (Å²) in [5.41, 5.74) is 0. The molecule has 0 aliphatic carbocycles. The summed E-state index contributed by atoms with van der Waals surface area (Å²) < 4.78 is 14.6. The van der Waals surface area contributed by atoms with Gasteiger partial charge in [0.25, 0.3) is 0 Å². The number of carbonyl (C=O) groups excluding carboxylic acids is 2. The van der Waals surface area contributed by atoms with E-state index in [1.54, 1.807) is 31.0 Å². The van der Waals surface area contributed by atoms with Gasteiger partial charge in [-0.15, -0.1) is 0 Å². The molecule has 100 valence electrons. The van der Waals surface area contributed by atoms with Crippen molar-refractivity contribution in [3.05, 3.63) is 23.7 Å². The van der Waals surface area contributed by atoms with E-state index < -0.39 is 5.97 Å². The molecule has 0 radical (unpaired) electrons. The van der Waals surface area contributed by atoms with Gasteiger partial charge in [-0.2, -0.15) is 0 Å². The van der Waals surface area contributed by atoms with Crippen molar-refractivity contribution in [2.75, 3.05) is 27.3 Å². The molecule has 0 bridgehead atoms. The topological polar surface area (TPSA) is 69.0 Å². The number of hydrogen-bond acceptors (Lipinski definition) is 6. The van der Waals surface area contributed by atoms with E-state index in [0.717, 1.165) is 0 Å². The van der Waals surface area contributed by atoms with Gasteiger partial charge in [0, 0.05) is 0 Å². The van der Waals surface area contributed by atoms with Gasteiger partial charge in [0.2, 0.25) is 5.76 Å². The molecule has 0 amide bonds. The summed E-state index contributed by atoms with van der Waals surface area (Å²) in [6.45, 7) is 2.70. The second kappa shape index (κ2) is 6.80. The Hall–Kier alpha value is -1.82. The predicted octanol–water partition coefficient (Wildman–Crippen LogP) is 1.06. The van der Waals surface area contributed by atoms with Gasteiger partial charge in [-0.1, -0.05) is 0 Å². The predicted molar refractivity (Wildman–Crippen MR) is 63.0 cm³/mol. The summed E-state index contributed by atoms with van der Waals surface area (Å²) in [5, 5.41) is 0. The van der Waals surface area contributed by atoms with Crippen LogP contribution < -0.4 is 0 Å². The van der Waals surface area contributed by atoms with E-state index in [4.69, 9.17) is 9.15 Å². The molecule has 1 heterocycles. The van der Waals surface area contributed by atoms with E-state index in [2.05, 4.69) is 4.74 Å². The minimum Gasteiger partial charge on any atom is -0.465 e.